The van der Waals surface area contributed by atoms with Crippen LogP contribution in [0.5, 0.6) is 0 Å². The monoisotopic (exact) mass is 215 g/mol. The van der Waals surface area contributed by atoms with Crippen LogP contribution in [0.25, 0.3) is 0 Å². The zero-order valence-corrected chi connectivity index (χ0v) is 7.51. The Balaban J connectivity index is 4.16. The van der Waals surface area contributed by atoms with Crippen molar-refractivity contribution in [2.45, 2.75) is 6.42 Å². The van der Waals surface area contributed by atoms with Crippen LogP contribution in [0.1, 0.15) is 6.42 Å². The molecule has 0 fully saturated rings. The summed E-state index contributed by atoms with van der Waals surface area (Å²) in [5.74, 6) is -2.63. The SMILES string of the molecule is NC(N)=NC(=O)CC(=O)N/C(N)=N/N=O. The highest BCUT2D eigenvalue weighted by molar-refractivity contribution is 6.06. The zero-order valence-electron chi connectivity index (χ0n) is 7.51. The van der Waals surface area contributed by atoms with Crippen molar-refractivity contribution in [2.24, 2.45) is 32.6 Å². The Morgan fingerprint density at radius 1 is 1.20 bits per heavy atom. The van der Waals surface area contributed by atoms with Crippen molar-refractivity contribution in [1.29, 1.82) is 0 Å². The molecule has 0 aliphatic rings. The van der Waals surface area contributed by atoms with Gasteiger partial charge in [-0.3, -0.25) is 14.9 Å². The number of carbonyl (C=O) groups excluding carboxylic acids is 2. The fourth-order valence-electron chi connectivity index (χ4n) is 0.577. The predicted octanol–water partition coefficient (Wildman–Crippen LogP) is -2.71. The molecule has 0 bridgehead atoms. The first-order chi connectivity index (χ1) is 6.95. The molecule has 0 heterocycles. The third-order valence-corrected chi connectivity index (χ3v) is 0.982. The van der Waals surface area contributed by atoms with E-state index < -0.39 is 30.2 Å². The Morgan fingerprint density at radius 2 is 1.80 bits per heavy atom. The van der Waals surface area contributed by atoms with Crippen LogP contribution in [-0.2, 0) is 9.59 Å². The second-order valence-corrected chi connectivity index (χ2v) is 2.22. The molecule has 0 aliphatic carbocycles. The lowest BCUT2D eigenvalue weighted by atomic mass is 10.4. The molecule has 0 rings (SSSR count). The molecule has 2 amide bonds. The molecule has 0 unspecified atom stereocenters. The average molecular weight is 215 g/mol. The molecule has 82 valence electrons. The van der Waals surface area contributed by atoms with Crippen LogP contribution in [0.2, 0.25) is 0 Å². The van der Waals surface area contributed by atoms with Crippen LogP contribution >= 0.6 is 0 Å². The van der Waals surface area contributed by atoms with Crippen LogP contribution < -0.4 is 22.5 Å². The fourth-order valence-corrected chi connectivity index (χ4v) is 0.577. The molecule has 0 spiro atoms. The summed E-state index contributed by atoms with van der Waals surface area (Å²) in [7, 11) is 0. The van der Waals surface area contributed by atoms with E-state index in [0.717, 1.165) is 0 Å². The number of nitrogens with two attached hydrogens (primary N) is 3. The molecule has 7 N–H and O–H groups in total. The quantitative estimate of drug-likeness (QED) is 0.130. The Labute approximate surface area is 83.5 Å². The summed E-state index contributed by atoms with van der Waals surface area (Å²) in [4.78, 5) is 34.4. The van der Waals surface area contributed by atoms with E-state index in [0.29, 0.717) is 0 Å². The van der Waals surface area contributed by atoms with E-state index in [9.17, 15) is 14.5 Å². The number of aliphatic imine (C=N–C) groups is 1. The van der Waals surface area contributed by atoms with E-state index in [2.05, 4.69) is 15.4 Å². The molecule has 0 saturated carbocycles. The number of hydrogen-bond donors (Lipinski definition) is 4. The van der Waals surface area contributed by atoms with E-state index >= 15 is 0 Å². The molecule has 15 heavy (non-hydrogen) atoms. The predicted molar refractivity (Wildman–Crippen MR) is 51.0 cm³/mol. The van der Waals surface area contributed by atoms with Crippen molar-refractivity contribution in [1.82, 2.24) is 5.32 Å². The van der Waals surface area contributed by atoms with Gasteiger partial charge in [0.1, 0.15) is 6.42 Å². The van der Waals surface area contributed by atoms with Crippen LogP contribution in [0.15, 0.2) is 15.4 Å². The van der Waals surface area contributed by atoms with Crippen molar-refractivity contribution in [2.75, 3.05) is 0 Å². The number of guanidine groups is 2. The van der Waals surface area contributed by atoms with Crippen molar-refractivity contribution < 1.29 is 9.59 Å². The van der Waals surface area contributed by atoms with E-state index in [1.165, 1.54) is 0 Å². The molecule has 10 nitrogen and oxygen atoms in total. The lowest BCUT2D eigenvalue weighted by Crippen LogP contribution is -2.37. The summed E-state index contributed by atoms with van der Waals surface area (Å²) >= 11 is 0. The third-order valence-electron chi connectivity index (χ3n) is 0.982. The van der Waals surface area contributed by atoms with E-state index in [1.807, 2.05) is 5.32 Å². The number of nitrogens with one attached hydrogen (secondary N) is 1. The number of nitroso groups, excluding NO2 is 1. The number of rotatable bonds is 3. The van der Waals surface area contributed by atoms with Crippen LogP contribution in [0, 0.1) is 4.91 Å². The smallest absolute Gasteiger partial charge is 0.258 e. The van der Waals surface area contributed by atoms with Gasteiger partial charge >= 0.3 is 0 Å². The average Bonchev–Trinajstić information content (AvgIpc) is 2.00. The van der Waals surface area contributed by atoms with Gasteiger partial charge in [0.15, 0.2) is 5.96 Å². The molecule has 0 aromatic heterocycles. The minimum Gasteiger partial charge on any atom is -0.370 e. The first-order valence-electron chi connectivity index (χ1n) is 3.53. The lowest BCUT2D eigenvalue weighted by molar-refractivity contribution is -0.126. The molecule has 0 aromatic rings. The molecule has 0 saturated heterocycles. The van der Waals surface area contributed by atoms with Gasteiger partial charge in [0.25, 0.3) is 5.91 Å². The van der Waals surface area contributed by atoms with Gasteiger partial charge in [-0.2, -0.15) is 4.99 Å². The third kappa shape index (κ3) is 6.62. The second kappa shape index (κ2) is 6.01. The molecule has 0 aromatic carbocycles. The standard InChI is InChI=1S/C5H9N7O3/c6-4(7)9-2(13)1-3(14)10-5(8)11-12-15/h1H2,(H4,6,7,9,13)(H3,8,10,11,14,15). The first kappa shape index (κ1) is 12.5. The van der Waals surface area contributed by atoms with Crippen LogP contribution in [0.3, 0.4) is 0 Å². The largest absolute Gasteiger partial charge is 0.370 e. The minimum atomic E-state index is -0.848. The highest BCUT2D eigenvalue weighted by Gasteiger charge is 2.09. The van der Waals surface area contributed by atoms with Gasteiger partial charge in [-0.25, -0.2) is 0 Å². The van der Waals surface area contributed by atoms with Gasteiger partial charge in [-0.05, 0) is 0 Å². The maximum Gasteiger partial charge on any atom is 0.258 e. The molecule has 10 heteroatoms. The van der Waals surface area contributed by atoms with Gasteiger partial charge in [-0.15, -0.1) is 4.91 Å². The van der Waals surface area contributed by atoms with Gasteiger partial charge in [0, 0.05) is 0 Å². The van der Waals surface area contributed by atoms with Crippen molar-refractivity contribution in [3.63, 3.8) is 0 Å². The van der Waals surface area contributed by atoms with E-state index in [-0.39, 0.29) is 0 Å². The maximum atomic E-state index is 10.9. The van der Waals surface area contributed by atoms with Gasteiger partial charge in [0.2, 0.25) is 11.9 Å². The summed E-state index contributed by atoms with van der Waals surface area (Å²) in [5.41, 5.74) is 14.8. The van der Waals surface area contributed by atoms with E-state index in [1.54, 1.807) is 0 Å². The zero-order chi connectivity index (χ0) is 11.8. The Hall–Kier alpha value is -2.52. The van der Waals surface area contributed by atoms with E-state index in [4.69, 9.17) is 17.2 Å². The maximum absolute atomic E-state index is 10.9. The molecular weight excluding hydrogens is 206 g/mol. The number of carbonyl (C=O) groups is 2. The van der Waals surface area contributed by atoms with Crippen LogP contribution in [-0.4, -0.2) is 23.7 Å². The summed E-state index contributed by atoms with van der Waals surface area (Å²) in [6.07, 6.45) is -0.618. The molecular formula is C5H9N7O3. The summed E-state index contributed by atoms with van der Waals surface area (Å²) in [5, 5.41) is 6.74. The summed E-state index contributed by atoms with van der Waals surface area (Å²) in [6.45, 7) is 0. The van der Waals surface area contributed by atoms with Gasteiger partial charge < -0.3 is 17.2 Å². The molecule has 0 radical (unpaired) electrons. The molecule has 0 aliphatic heterocycles. The normalized spacial score (nSPS) is 10.3. The number of nitrogens with zero attached hydrogens (tertiary/aromatic N) is 3. The van der Waals surface area contributed by atoms with Gasteiger partial charge in [-0.1, -0.05) is 5.10 Å². The topological polar surface area (TPSA) is 178 Å². The van der Waals surface area contributed by atoms with Crippen molar-refractivity contribution in [3.05, 3.63) is 4.91 Å². The summed E-state index contributed by atoms with van der Waals surface area (Å²) in [6, 6.07) is 0. The van der Waals surface area contributed by atoms with Gasteiger partial charge in [0.05, 0.1) is 5.29 Å². The van der Waals surface area contributed by atoms with Crippen LogP contribution in [0.4, 0.5) is 0 Å². The Kier molecular flexibility index (Phi) is 5.00. The minimum absolute atomic E-state index is 0.455. The van der Waals surface area contributed by atoms with Crippen molar-refractivity contribution >= 4 is 23.7 Å². The Morgan fingerprint density at radius 3 is 2.27 bits per heavy atom. The number of hydrogen-bond acceptors (Lipinski definition) is 4. The number of amides is 2. The second-order valence-electron chi connectivity index (χ2n) is 2.22. The summed E-state index contributed by atoms with van der Waals surface area (Å²) < 4.78 is 0. The lowest BCUT2D eigenvalue weighted by Gasteiger charge is -1.99. The fraction of sp³-hybridized carbons (Fsp3) is 0.200. The Bertz CT molecular complexity index is 330. The highest BCUT2D eigenvalue weighted by Crippen LogP contribution is 1.84. The van der Waals surface area contributed by atoms with Crippen molar-refractivity contribution in [3.8, 4) is 0 Å². The molecule has 0 atom stereocenters. The first-order valence-corrected chi connectivity index (χ1v) is 3.53. The highest BCUT2D eigenvalue weighted by atomic mass is 16.3.